The number of nitro groups is 1. The molecule has 0 aliphatic carbocycles. The quantitative estimate of drug-likeness (QED) is 0.445. The molecular formula is C23H27N3O5S. The van der Waals surface area contributed by atoms with Gasteiger partial charge >= 0.3 is 5.69 Å². The third-order valence-electron chi connectivity index (χ3n) is 5.82. The van der Waals surface area contributed by atoms with Gasteiger partial charge in [-0.1, -0.05) is 18.2 Å². The van der Waals surface area contributed by atoms with Gasteiger partial charge in [0.15, 0.2) is 5.75 Å². The van der Waals surface area contributed by atoms with E-state index in [0.29, 0.717) is 11.5 Å². The number of amides is 1. The molecule has 9 heteroatoms. The smallest absolute Gasteiger partial charge is 0.311 e. The van der Waals surface area contributed by atoms with Gasteiger partial charge in [0.1, 0.15) is 5.75 Å². The number of carbonyl (C=O) groups is 1. The molecule has 4 rings (SSSR count). The number of benzene rings is 2. The normalized spacial score (nSPS) is 15.8. The van der Waals surface area contributed by atoms with Crippen molar-refractivity contribution < 1.29 is 19.2 Å². The third kappa shape index (κ3) is 5.34. The summed E-state index contributed by atoms with van der Waals surface area (Å²) in [5, 5.41) is 11.2. The minimum absolute atomic E-state index is 0.0519. The van der Waals surface area contributed by atoms with Gasteiger partial charge in [-0.25, -0.2) is 0 Å². The summed E-state index contributed by atoms with van der Waals surface area (Å²) in [5.74, 6) is 2.27. The van der Waals surface area contributed by atoms with Gasteiger partial charge in [-0.3, -0.25) is 19.8 Å². The minimum atomic E-state index is -0.450. The lowest BCUT2D eigenvalue weighted by Crippen LogP contribution is -2.48. The standard InChI is InChI=1S/C23H27N3O5S/c1-30-22-5-3-18(13-20(22)26(28)29)15-32-16-23(27)25-9-7-24(8-10-25)14-17-2-4-21-19(12-17)6-11-31-21/h2-5,12-13H,6-11,14-16H2,1H3. The lowest BCUT2D eigenvalue weighted by molar-refractivity contribution is -0.385. The Bertz CT molecular complexity index is 992. The zero-order valence-electron chi connectivity index (χ0n) is 18.1. The number of hydrogen-bond acceptors (Lipinski definition) is 7. The number of thioether (sulfide) groups is 1. The molecule has 2 aromatic rings. The van der Waals surface area contributed by atoms with Crippen molar-refractivity contribution in [1.29, 1.82) is 0 Å². The summed E-state index contributed by atoms with van der Waals surface area (Å²) in [6.45, 7) is 4.82. The zero-order chi connectivity index (χ0) is 22.5. The van der Waals surface area contributed by atoms with E-state index in [2.05, 4.69) is 23.1 Å². The number of carbonyl (C=O) groups excluding carboxylic acids is 1. The van der Waals surface area contributed by atoms with E-state index in [0.717, 1.165) is 57.1 Å². The molecule has 0 saturated carbocycles. The average molecular weight is 458 g/mol. The first-order valence-corrected chi connectivity index (χ1v) is 11.8. The monoisotopic (exact) mass is 457 g/mol. The predicted octanol–water partition coefficient (Wildman–Crippen LogP) is 3.12. The molecule has 1 saturated heterocycles. The number of ether oxygens (including phenoxy) is 2. The zero-order valence-corrected chi connectivity index (χ0v) is 18.9. The third-order valence-corrected chi connectivity index (χ3v) is 6.81. The first-order chi connectivity index (χ1) is 15.5. The van der Waals surface area contributed by atoms with Crippen molar-refractivity contribution in [2.75, 3.05) is 45.6 Å². The molecule has 1 fully saturated rings. The molecule has 0 atom stereocenters. The van der Waals surface area contributed by atoms with E-state index in [1.165, 1.54) is 36.1 Å². The Hall–Kier alpha value is -2.78. The molecule has 0 spiro atoms. The van der Waals surface area contributed by atoms with Crippen LogP contribution in [0, 0.1) is 10.1 Å². The van der Waals surface area contributed by atoms with Gasteiger partial charge in [0.2, 0.25) is 5.91 Å². The Kier molecular flexibility index (Phi) is 7.16. The highest BCUT2D eigenvalue weighted by atomic mass is 32.2. The SMILES string of the molecule is COc1ccc(CSCC(=O)N2CCN(Cc3ccc4c(c3)CCO4)CC2)cc1[N+](=O)[O-]. The maximum absolute atomic E-state index is 12.6. The van der Waals surface area contributed by atoms with E-state index >= 15 is 0 Å². The van der Waals surface area contributed by atoms with E-state index in [1.54, 1.807) is 12.1 Å². The molecule has 8 nitrogen and oxygen atoms in total. The van der Waals surface area contributed by atoms with Crippen molar-refractivity contribution in [3.8, 4) is 11.5 Å². The Balaban J connectivity index is 1.21. The number of fused-ring (bicyclic) bond motifs is 1. The Morgan fingerprint density at radius 2 is 1.94 bits per heavy atom. The summed E-state index contributed by atoms with van der Waals surface area (Å²) in [6.07, 6.45) is 0.979. The lowest BCUT2D eigenvalue weighted by Gasteiger charge is -2.34. The predicted molar refractivity (Wildman–Crippen MR) is 123 cm³/mol. The second-order valence-corrected chi connectivity index (χ2v) is 8.94. The van der Waals surface area contributed by atoms with Crippen molar-refractivity contribution in [2.24, 2.45) is 0 Å². The highest BCUT2D eigenvalue weighted by molar-refractivity contribution is 7.99. The lowest BCUT2D eigenvalue weighted by atomic mass is 10.1. The van der Waals surface area contributed by atoms with Gasteiger partial charge in [0.05, 0.1) is 24.4 Å². The molecule has 2 aliphatic rings. The molecule has 2 aliphatic heterocycles. The van der Waals surface area contributed by atoms with Crippen LogP contribution in [0.4, 0.5) is 5.69 Å². The fraction of sp³-hybridized carbons (Fsp3) is 0.435. The van der Waals surface area contributed by atoms with E-state index in [1.807, 2.05) is 4.90 Å². The fourth-order valence-electron chi connectivity index (χ4n) is 4.07. The molecular weight excluding hydrogens is 430 g/mol. The van der Waals surface area contributed by atoms with E-state index in [4.69, 9.17) is 9.47 Å². The average Bonchev–Trinajstić information content (AvgIpc) is 3.27. The highest BCUT2D eigenvalue weighted by Crippen LogP contribution is 2.29. The number of rotatable bonds is 8. The summed E-state index contributed by atoms with van der Waals surface area (Å²) in [6, 6.07) is 11.3. The van der Waals surface area contributed by atoms with Crippen LogP contribution in [0.5, 0.6) is 11.5 Å². The molecule has 0 aromatic heterocycles. The van der Waals surface area contributed by atoms with Crippen LogP contribution in [0.3, 0.4) is 0 Å². The molecule has 32 heavy (non-hydrogen) atoms. The second kappa shape index (κ2) is 10.2. The maximum Gasteiger partial charge on any atom is 0.311 e. The first-order valence-electron chi connectivity index (χ1n) is 10.7. The van der Waals surface area contributed by atoms with Gasteiger partial charge in [-0.05, 0) is 28.8 Å². The van der Waals surface area contributed by atoms with Crippen LogP contribution in [0.15, 0.2) is 36.4 Å². The largest absolute Gasteiger partial charge is 0.493 e. The Morgan fingerprint density at radius 3 is 2.69 bits per heavy atom. The van der Waals surface area contributed by atoms with Crippen molar-refractivity contribution >= 4 is 23.4 Å². The summed E-state index contributed by atoms with van der Waals surface area (Å²) < 4.78 is 10.6. The summed E-state index contributed by atoms with van der Waals surface area (Å²) in [7, 11) is 1.41. The molecule has 0 bridgehead atoms. The van der Waals surface area contributed by atoms with Crippen LogP contribution in [0.1, 0.15) is 16.7 Å². The number of methoxy groups -OCH3 is 1. The number of hydrogen-bond donors (Lipinski definition) is 0. The molecule has 2 aromatic carbocycles. The van der Waals surface area contributed by atoms with Gasteiger partial charge in [0, 0.05) is 51.0 Å². The number of nitrogens with zero attached hydrogens (tertiary/aromatic N) is 3. The Morgan fingerprint density at radius 1 is 1.16 bits per heavy atom. The van der Waals surface area contributed by atoms with Crippen LogP contribution in [-0.2, 0) is 23.5 Å². The molecule has 0 N–H and O–H groups in total. The van der Waals surface area contributed by atoms with Crippen molar-refractivity contribution in [3.63, 3.8) is 0 Å². The minimum Gasteiger partial charge on any atom is -0.493 e. The number of piperazine rings is 1. The summed E-state index contributed by atoms with van der Waals surface area (Å²) in [4.78, 5) is 27.6. The van der Waals surface area contributed by atoms with Crippen LogP contribution in [0.2, 0.25) is 0 Å². The van der Waals surface area contributed by atoms with E-state index < -0.39 is 4.92 Å². The molecule has 0 radical (unpaired) electrons. The van der Waals surface area contributed by atoms with E-state index in [9.17, 15) is 14.9 Å². The fourth-order valence-corrected chi connectivity index (χ4v) is 4.94. The van der Waals surface area contributed by atoms with Crippen LogP contribution < -0.4 is 9.47 Å². The van der Waals surface area contributed by atoms with Gasteiger partial charge < -0.3 is 14.4 Å². The van der Waals surface area contributed by atoms with Crippen LogP contribution >= 0.6 is 11.8 Å². The highest BCUT2D eigenvalue weighted by Gasteiger charge is 2.22. The van der Waals surface area contributed by atoms with E-state index in [-0.39, 0.29) is 17.3 Å². The van der Waals surface area contributed by atoms with Crippen LogP contribution in [-0.4, -0.2) is 66.3 Å². The van der Waals surface area contributed by atoms with Crippen molar-refractivity contribution in [3.05, 3.63) is 63.2 Å². The second-order valence-electron chi connectivity index (χ2n) is 7.95. The summed E-state index contributed by atoms with van der Waals surface area (Å²) in [5.41, 5.74) is 3.33. The molecule has 2 heterocycles. The topological polar surface area (TPSA) is 85.2 Å². The molecule has 170 valence electrons. The first kappa shape index (κ1) is 22.4. The van der Waals surface area contributed by atoms with Crippen LogP contribution in [0.25, 0.3) is 0 Å². The Labute approximate surface area is 191 Å². The van der Waals surface area contributed by atoms with Gasteiger partial charge in [-0.2, -0.15) is 0 Å². The van der Waals surface area contributed by atoms with Gasteiger partial charge in [-0.15, -0.1) is 11.8 Å². The maximum atomic E-state index is 12.6. The molecule has 1 amide bonds. The number of nitro benzene ring substituents is 1. The van der Waals surface area contributed by atoms with Crippen molar-refractivity contribution in [2.45, 2.75) is 18.7 Å². The summed E-state index contributed by atoms with van der Waals surface area (Å²) >= 11 is 1.48. The van der Waals surface area contributed by atoms with Crippen molar-refractivity contribution in [1.82, 2.24) is 9.80 Å². The molecule has 0 unspecified atom stereocenters. The van der Waals surface area contributed by atoms with Gasteiger partial charge in [0.25, 0.3) is 0 Å².